The van der Waals surface area contributed by atoms with Crippen molar-refractivity contribution in [1.29, 1.82) is 0 Å². The fourth-order valence-electron chi connectivity index (χ4n) is 2.51. The van der Waals surface area contributed by atoms with Gasteiger partial charge in [0, 0.05) is 24.9 Å². The minimum atomic E-state index is -4.88. The SMILES string of the molecule is Cc1cc(OC(F)(F)F)ncc1-c1cc(C(=O)Nc2c(F)cncc2F)nn1C. The third-order valence-electron chi connectivity index (χ3n) is 3.79. The Hall–Kier alpha value is -3.57. The van der Waals surface area contributed by atoms with Gasteiger partial charge in [0.25, 0.3) is 5.91 Å². The first-order chi connectivity index (χ1) is 13.5. The second-order valence-corrected chi connectivity index (χ2v) is 5.86. The van der Waals surface area contributed by atoms with Crippen molar-refractivity contribution in [2.24, 2.45) is 7.05 Å². The Morgan fingerprint density at radius 1 is 1.14 bits per heavy atom. The van der Waals surface area contributed by atoms with Crippen LogP contribution in [0, 0.1) is 18.6 Å². The molecule has 0 unspecified atom stereocenters. The zero-order chi connectivity index (χ0) is 21.3. The average molecular weight is 413 g/mol. The second-order valence-electron chi connectivity index (χ2n) is 5.86. The quantitative estimate of drug-likeness (QED) is 0.661. The number of carbonyl (C=O) groups is 1. The first-order valence-electron chi connectivity index (χ1n) is 7.92. The van der Waals surface area contributed by atoms with E-state index in [1.165, 1.54) is 24.7 Å². The fourth-order valence-corrected chi connectivity index (χ4v) is 2.51. The average Bonchev–Trinajstić information content (AvgIpc) is 2.98. The number of amides is 1. The topological polar surface area (TPSA) is 81.9 Å². The maximum absolute atomic E-state index is 13.6. The molecule has 0 aromatic carbocycles. The molecule has 1 N–H and O–H groups in total. The lowest BCUT2D eigenvalue weighted by atomic mass is 10.1. The van der Waals surface area contributed by atoms with Gasteiger partial charge >= 0.3 is 6.36 Å². The van der Waals surface area contributed by atoms with Crippen molar-refractivity contribution in [3.63, 3.8) is 0 Å². The van der Waals surface area contributed by atoms with Crippen LogP contribution in [0.25, 0.3) is 11.3 Å². The molecule has 7 nitrogen and oxygen atoms in total. The molecule has 0 aliphatic carbocycles. The molecule has 0 radical (unpaired) electrons. The Balaban J connectivity index is 1.88. The van der Waals surface area contributed by atoms with Crippen LogP contribution in [0.4, 0.5) is 27.6 Å². The lowest BCUT2D eigenvalue weighted by Crippen LogP contribution is -2.18. The highest BCUT2D eigenvalue weighted by Gasteiger charge is 2.32. The molecule has 3 heterocycles. The van der Waals surface area contributed by atoms with Crippen LogP contribution in [-0.4, -0.2) is 32.0 Å². The van der Waals surface area contributed by atoms with Crippen molar-refractivity contribution in [3.8, 4) is 17.1 Å². The molecule has 0 atom stereocenters. The fraction of sp³-hybridized carbons (Fsp3) is 0.176. The smallest absolute Gasteiger partial charge is 0.388 e. The van der Waals surface area contributed by atoms with Crippen molar-refractivity contribution >= 4 is 11.6 Å². The summed E-state index contributed by atoms with van der Waals surface area (Å²) >= 11 is 0. The van der Waals surface area contributed by atoms with Crippen LogP contribution in [-0.2, 0) is 7.05 Å². The van der Waals surface area contributed by atoms with Crippen molar-refractivity contribution < 1.29 is 31.5 Å². The molecule has 3 rings (SSSR count). The Morgan fingerprint density at radius 2 is 1.79 bits per heavy atom. The Kier molecular flexibility index (Phi) is 5.18. The second kappa shape index (κ2) is 7.45. The molecule has 0 aliphatic rings. The zero-order valence-electron chi connectivity index (χ0n) is 14.9. The number of carbonyl (C=O) groups excluding carboxylic acids is 1. The lowest BCUT2D eigenvalue weighted by Gasteiger charge is -2.10. The van der Waals surface area contributed by atoms with Crippen LogP contribution >= 0.6 is 0 Å². The van der Waals surface area contributed by atoms with Crippen molar-refractivity contribution in [2.45, 2.75) is 13.3 Å². The number of hydrogen-bond donors (Lipinski definition) is 1. The van der Waals surface area contributed by atoms with E-state index in [4.69, 9.17) is 0 Å². The third kappa shape index (κ3) is 4.47. The van der Waals surface area contributed by atoms with Crippen LogP contribution in [0.2, 0.25) is 0 Å². The van der Waals surface area contributed by atoms with E-state index >= 15 is 0 Å². The maximum atomic E-state index is 13.6. The number of ether oxygens (including phenoxy) is 1. The number of anilines is 1. The molecule has 0 fully saturated rings. The molecular weight excluding hydrogens is 401 g/mol. The van der Waals surface area contributed by atoms with Crippen molar-refractivity contribution in [3.05, 3.63) is 53.6 Å². The molecular formula is C17H12F5N5O2. The van der Waals surface area contributed by atoms with E-state index in [1.807, 2.05) is 0 Å². The highest BCUT2D eigenvalue weighted by molar-refractivity contribution is 6.03. The molecule has 12 heteroatoms. The van der Waals surface area contributed by atoms with Gasteiger partial charge < -0.3 is 10.1 Å². The van der Waals surface area contributed by atoms with E-state index in [0.29, 0.717) is 16.8 Å². The van der Waals surface area contributed by atoms with E-state index in [1.54, 1.807) is 0 Å². The summed E-state index contributed by atoms with van der Waals surface area (Å²) in [6.45, 7) is 1.52. The number of pyridine rings is 2. The number of nitrogens with one attached hydrogen (secondary N) is 1. The normalized spacial score (nSPS) is 11.4. The summed E-state index contributed by atoms with van der Waals surface area (Å²) in [7, 11) is 1.49. The zero-order valence-corrected chi connectivity index (χ0v) is 14.9. The minimum Gasteiger partial charge on any atom is -0.388 e. The summed E-state index contributed by atoms with van der Waals surface area (Å²) in [5.74, 6) is -3.65. The number of alkyl halides is 3. The molecule has 1 amide bonds. The van der Waals surface area contributed by atoms with E-state index in [2.05, 4.69) is 25.1 Å². The first kappa shape index (κ1) is 20.2. The molecule has 0 bridgehead atoms. The summed E-state index contributed by atoms with van der Waals surface area (Å²) < 4.78 is 69.3. The number of aryl methyl sites for hydroxylation is 2. The van der Waals surface area contributed by atoms with Gasteiger partial charge in [-0.3, -0.25) is 14.5 Å². The summed E-state index contributed by atoms with van der Waals surface area (Å²) in [6.07, 6.45) is -2.27. The summed E-state index contributed by atoms with van der Waals surface area (Å²) in [5, 5.41) is 6.04. The standard InChI is InChI=1S/C17H12F5N5O2/c1-8-3-14(29-17(20,21)22)24-5-9(8)13-4-12(26-27(13)2)16(28)25-15-10(18)6-23-7-11(15)19/h3-7H,1-2H3,(H,23,25,28). The van der Waals surface area contributed by atoms with Gasteiger partial charge in [0.1, 0.15) is 5.69 Å². The number of hydrogen-bond acceptors (Lipinski definition) is 5. The Morgan fingerprint density at radius 3 is 2.38 bits per heavy atom. The summed E-state index contributed by atoms with van der Waals surface area (Å²) in [5.41, 5.74) is 0.251. The van der Waals surface area contributed by atoms with Crippen LogP contribution in [0.5, 0.6) is 5.88 Å². The first-order valence-corrected chi connectivity index (χ1v) is 7.92. The van der Waals surface area contributed by atoms with E-state index in [9.17, 15) is 26.7 Å². The van der Waals surface area contributed by atoms with Gasteiger partial charge in [0.2, 0.25) is 5.88 Å². The molecule has 0 saturated carbocycles. The van der Waals surface area contributed by atoms with Gasteiger partial charge in [0.05, 0.1) is 18.1 Å². The maximum Gasteiger partial charge on any atom is 0.574 e. The van der Waals surface area contributed by atoms with Gasteiger partial charge in [-0.25, -0.2) is 13.8 Å². The van der Waals surface area contributed by atoms with Crippen LogP contribution in [0.1, 0.15) is 16.1 Å². The van der Waals surface area contributed by atoms with E-state index < -0.39 is 35.5 Å². The molecule has 0 spiro atoms. The third-order valence-corrected chi connectivity index (χ3v) is 3.79. The van der Waals surface area contributed by atoms with Crippen LogP contribution in [0.3, 0.4) is 0 Å². The molecule has 3 aromatic rings. The van der Waals surface area contributed by atoms with Gasteiger partial charge in [-0.2, -0.15) is 5.10 Å². The largest absolute Gasteiger partial charge is 0.574 e. The Bertz CT molecular complexity index is 1060. The minimum absolute atomic E-state index is 0.173. The van der Waals surface area contributed by atoms with Gasteiger partial charge in [-0.1, -0.05) is 0 Å². The predicted octanol–water partition coefficient (Wildman–Crippen LogP) is 3.61. The summed E-state index contributed by atoms with van der Waals surface area (Å²) in [4.78, 5) is 19.2. The summed E-state index contributed by atoms with van der Waals surface area (Å²) in [6, 6.07) is 2.39. The highest BCUT2D eigenvalue weighted by Crippen LogP contribution is 2.28. The van der Waals surface area contributed by atoms with E-state index in [-0.39, 0.29) is 5.69 Å². The number of aromatic nitrogens is 4. The molecule has 29 heavy (non-hydrogen) atoms. The molecule has 3 aromatic heterocycles. The van der Waals surface area contributed by atoms with Gasteiger partial charge in [-0.05, 0) is 18.6 Å². The van der Waals surface area contributed by atoms with Gasteiger partial charge in [-0.15, -0.1) is 13.2 Å². The Labute approximate surface area is 160 Å². The van der Waals surface area contributed by atoms with Crippen molar-refractivity contribution in [2.75, 3.05) is 5.32 Å². The molecule has 152 valence electrons. The van der Waals surface area contributed by atoms with Crippen molar-refractivity contribution in [1.82, 2.24) is 19.7 Å². The van der Waals surface area contributed by atoms with Crippen LogP contribution in [0.15, 0.2) is 30.7 Å². The number of nitrogens with zero attached hydrogens (tertiary/aromatic N) is 4. The molecule has 0 saturated heterocycles. The monoisotopic (exact) mass is 413 g/mol. The lowest BCUT2D eigenvalue weighted by molar-refractivity contribution is -0.276. The number of rotatable bonds is 4. The highest BCUT2D eigenvalue weighted by atomic mass is 19.4. The number of halogens is 5. The predicted molar refractivity (Wildman–Crippen MR) is 90.0 cm³/mol. The molecule has 0 aliphatic heterocycles. The van der Waals surface area contributed by atoms with Crippen LogP contribution < -0.4 is 10.1 Å². The van der Waals surface area contributed by atoms with E-state index in [0.717, 1.165) is 24.7 Å². The van der Waals surface area contributed by atoms with Gasteiger partial charge in [0.15, 0.2) is 17.3 Å².